The van der Waals surface area contributed by atoms with Crippen molar-refractivity contribution in [2.45, 2.75) is 20.8 Å². The molecule has 0 aliphatic carbocycles. The molecule has 22 heavy (non-hydrogen) atoms. The van der Waals surface area contributed by atoms with Gasteiger partial charge < -0.3 is 19.8 Å². The van der Waals surface area contributed by atoms with Gasteiger partial charge >= 0.3 is 11.6 Å². The minimum absolute atomic E-state index is 0.121. The zero-order chi connectivity index (χ0) is 16.3. The smallest absolute Gasteiger partial charge is 0.351 e. The fourth-order valence-electron chi connectivity index (χ4n) is 2.36. The number of hydrogen-bond donors (Lipinski definition) is 1. The molecule has 0 fully saturated rings. The lowest BCUT2D eigenvalue weighted by Crippen LogP contribution is -2.23. The normalized spacial score (nSPS) is 10.7. The van der Waals surface area contributed by atoms with Gasteiger partial charge in [0.15, 0.2) is 0 Å². The highest BCUT2D eigenvalue weighted by atomic mass is 16.5. The molecule has 1 aromatic heterocycles. The Kier molecular flexibility index (Phi) is 4.70. The number of nitrogens with zero attached hydrogens (tertiary/aromatic N) is 1. The van der Waals surface area contributed by atoms with Crippen molar-refractivity contribution in [3.63, 3.8) is 0 Å². The predicted molar refractivity (Wildman–Crippen MR) is 86.4 cm³/mol. The van der Waals surface area contributed by atoms with Gasteiger partial charge in [0.2, 0.25) is 0 Å². The molecule has 1 heterocycles. The van der Waals surface area contributed by atoms with Crippen LogP contribution < -0.4 is 16.3 Å². The summed E-state index contributed by atoms with van der Waals surface area (Å²) >= 11 is 0. The van der Waals surface area contributed by atoms with E-state index in [1.165, 1.54) is 6.07 Å². The predicted octanol–water partition coefficient (Wildman–Crippen LogP) is 2.40. The highest BCUT2D eigenvalue weighted by Gasteiger charge is 2.16. The van der Waals surface area contributed by atoms with E-state index in [9.17, 15) is 9.59 Å². The van der Waals surface area contributed by atoms with Crippen molar-refractivity contribution >= 4 is 28.3 Å². The maximum absolute atomic E-state index is 11.9. The molecule has 0 aliphatic heterocycles. The average molecular weight is 304 g/mol. The number of rotatable bonds is 5. The number of benzene rings is 1. The van der Waals surface area contributed by atoms with Crippen molar-refractivity contribution in [3.05, 3.63) is 34.2 Å². The number of hydrogen-bond acceptors (Lipinski definition) is 6. The first kappa shape index (κ1) is 15.9. The summed E-state index contributed by atoms with van der Waals surface area (Å²) in [6, 6.07) is 4.89. The Hall–Kier alpha value is -2.50. The monoisotopic (exact) mass is 304 g/mol. The highest BCUT2D eigenvalue weighted by Crippen LogP contribution is 2.29. The van der Waals surface area contributed by atoms with Gasteiger partial charge in [-0.25, -0.2) is 9.59 Å². The Morgan fingerprint density at radius 2 is 1.91 bits per heavy atom. The van der Waals surface area contributed by atoms with Gasteiger partial charge in [0, 0.05) is 24.5 Å². The number of fused-ring (bicyclic) bond motifs is 1. The van der Waals surface area contributed by atoms with Crippen molar-refractivity contribution in [2.75, 3.05) is 30.3 Å². The molecular weight excluding hydrogens is 284 g/mol. The largest absolute Gasteiger partial charge is 0.462 e. The summed E-state index contributed by atoms with van der Waals surface area (Å²) in [5.74, 6) is -0.690. The molecule has 118 valence electrons. The second-order valence-electron chi connectivity index (χ2n) is 4.79. The van der Waals surface area contributed by atoms with Crippen LogP contribution in [-0.2, 0) is 4.74 Å². The molecule has 0 radical (unpaired) electrons. The van der Waals surface area contributed by atoms with Crippen LogP contribution in [-0.4, -0.2) is 25.7 Å². The number of nitrogens with two attached hydrogens (primary N) is 1. The second kappa shape index (κ2) is 6.51. The van der Waals surface area contributed by atoms with E-state index in [0.29, 0.717) is 16.7 Å². The lowest BCUT2D eigenvalue weighted by atomic mass is 10.1. The van der Waals surface area contributed by atoms with E-state index >= 15 is 0 Å². The maximum Gasteiger partial charge on any atom is 0.351 e. The second-order valence-corrected chi connectivity index (χ2v) is 4.79. The van der Waals surface area contributed by atoms with Crippen LogP contribution in [0.4, 0.5) is 11.4 Å². The molecule has 0 aliphatic rings. The Morgan fingerprint density at radius 3 is 2.50 bits per heavy atom. The van der Waals surface area contributed by atoms with E-state index in [0.717, 1.165) is 18.8 Å². The molecule has 0 atom stereocenters. The van der Waals surface area contributed by atoms with E-state index in [1.807, 2.05) is 13.8 Å². The minimum atomic E-state index is -0.707. The molecule has 6 heteroatoms. The molecule has 0 bridgehead atoms. The SMILES string of the molecule is CCOC(=O)c1cc2cc(N)c(N(CC)CC)cc2oc1=O. The van der Waals surface area contributed by atoms with Gasteiger partial charge in [0.05, 0.1) is 18.0 Å². The summed E-state index contributed by atoms with van der Waals surface area (Å²) in [6.45, 7) is 7.49. The van der Waals surface area contributed by atoms with E-state index in [1.54, 1.807) is 19.1 Å². The number of anilines is 2. The zero-order valence-electron chi connectivity index (χ0n) is 13.0. The topological polar surface area (TPSA) is 85.8 Å². The number of nitrogen functional groups attached to an aromatic ring is 1. The van der Waals surface area contributed by atoms with Crippen molar-refractivity contribution in [3.8, 4) is 0 Å². The third-order valence-electron chi connectivity index (χ3n) is 3.48. The third kappa shape index (κ3) is 2.90. The van der Waals surface area contributed by atoms with Crippen LogP contribution in [0.25, 0.3) is 11.0 Å². The van der Waals surface area contributed by atoms with Crippen LogP contribution in [0, 0.1) is 0 Å². The first-order valence-corrected chi connectivity index (χ1v) is 7.31. The zero-order valence-corrected chi connectivity index (χ0v) is 13.0. The van der Waals surface area contributed by atoms with E-state index in [2.05, 4.69) is 4.90 Å². The van der Waals surface area contributed by atoms with E-state index in [4.69, 9.17) is 14.9 Å². The standard InChI is InChI=1S/C16H20N2O4/c1-4-18(5-2)13-9-14-10(8-12(13)17)7-11(16(20)22-14)15(19)21-6-3/h7-9H,4-6,17H2,1-3H3. The van der Waals surface area contributed by atoms with E-state index in [-0.39, 0.29) is 12.2 Å². The molecule has 2 N–H and O–H groups in total. The summed E-state index contributed by atoms with van der Waals surface area (Å²) in [5, 5.41) is 0.594. The van der Waals surface area contributed by atoms with Gasteiger partial charge in [-0.2, -0.15) is 0 Å². The Balaban J connectivity index is 2.59. The molecular formula is C16H20N2O4. The Bertz CT molecular complexity index is 748. The first-order chi connectivity index (χ1) is 10.5. The minimum Gasteiger partial charge on any atom is -0.462 e. The molecule has 0 saturated heterocycles. The van der Waals surface area contributed by atoms with Crippen molar-refractivity contribution in [2.24, 2.45) is 0 Å². The van der Waals surface area contributed by atoms with Crippen molar-refractivity contribution < 1.29 is 13.9 Å². The number of carbonyl (C=O) groups is 1. The Morgan fingerprint density at radius 1 is 1.23 bits per heavy atom. The number of carbonyl (C=O) groups excluding carboxylic acids is 1. The Labute approximate surface area is 128 Å². The lowest BCUT2D eigenvalue weighted by molar-refractivity contribution is 0.0522. The van der Waals surface area contributed by atoms with Gasteiger partial charge in [-0.05, 0) is 32.9 Å². The average Bonchev–Trinajstić information content (AvgIpc) is 2.49. The van der Waals surface area contributed by atoms with Crippen LogP contribution in [0.1, 0.15) is 31.1 Å². The molecule has 2 aromatic rings. The summed E-state index contributed by atoms with van der Waals surface area (Å²) in [6.07, 6.45) is 0. The van der Waals surface area contributed by atoms with Crippen LogP contribution in [0.5, 0.6) is 0 Å². The third-order valence-corrected chi connectivity index (χ3v) is 3.48. The van der Waals surface area contributed by atoms with Gasteiger partial charge in [-0.3, -0.25) is 0 Å². The molecule has 1 aromatic carbocycles. The van der Waals surface area contributed by atoms with Crippen LogP contribution >= 0.6 is 0 Å². The molecule has 2 rings (SSSR count). The van der Waals surface area contributed by atoms with Crippen molar-refractivity contribution in [1.29, 1.82) is 0 Å². The summed E-state index contributed by atoms with van der Waals surface area (Å²) in [5.41, 5.74) is 7.03. The summed E-state index contributed by atoms with van der Waals surface area (Å²) < 4.78 is 10.1. The fraction of sp³-hybridized carbons (Fsp3) is 0.375. The van der Waals surface area contributed by atoms with E-state index < -0.39 is 11.6 Å². The van der Waals surface area contributed by atoms with Gasteiger partial charge in [0.1, 0.15) is 11.1 Å². The quantitative estimate of drug-likeness (QED) is 0.518. The molecule has 0 unspecified atom stereocenters. The molecule has 0 saturated carbocycles. The fourth-order valence-corrected chi connectivity index (χ4v) is 2.36. The maximum atomic E-state index is 11.9. The van der Waals surface area contributed by atoms with Crippen LogP contribution in [0.2, 0.25) is 0 Å². The molecule has 0 amide bonds. The molecule has 6 nitrogen and oxygen atoms in total. The lowest BCUT2D eigenvalue weighted by Gasteiger charge is -2.22. The number of esters is 1. The van der Waals surface area contributed by atoms with Crippen LogP contribution in [0.3, 0.4) is 0 Å². The van der Waals surface area contributed by atoms with Gasteiger partial charge in [-0.15, -0.1) is 0 Å². The highest BCUT2D eigenvalue weighted by molar-refractivity contribution is 5.95. The first-order valence-electron chi connectivity index (χ1n) is 7.31. The summed E-state index contributed by atoms with van der Waals surface area (Å²) in [4.78, 5) is 25.7. The van der Waals surface area contributed by atoms with Gasteiger partial charge in [-0.1, -0.05) is 0 Å². The number of ether oxygens (including phenoxy) is 1. The van der Waals surface area contributed by atoms with Crippen molar-refractivity contribution in [1.82, 2.24) is 0 Å². The summed E-state index contributed by atoms with van der Waals surface area (Å²) in [7, 11) is 0. The van der Waals surface area contributed by atoms with Crippen LogP contribution in [0.15, 0.2) is 27.4 Å². The van der Waals surface area contributed by atoms with Gasteiger partial charge in [0.25, 0.3) is 0 Å². The molecule has 0 spiro atoms.